The van der Waals surface area contributed by atoms with Gasteiger partial charge in [-0.25, -0.2) is 4.98 Å². The van der Waals surface area contributed by atoms with Crippen LogP contribution < -0.4 is 5.32 Å². The van der Waals surface area contributed by atoms with Gasteiger partial charge in [0, 0.05) is 10.9 Å². The predicted molar refractivity (Wildman–Crippen MR) is 90.2 cm³/mol. The first-order valence-corrected chi connectivity index (χ1v) is 8.55. The second-order valence-corrected chi connectivity index (χ2v) is 6.44. The van der Waals surface area contributed by atoms with Crippen molar-refractivity contribution in [3.05, 3.63) is 40.0 Å². The number of nitrogens with one attached hydrogen (secondary N) is 2. The summed E-state index contributed by atoms with van der Waals surface area (Å²) in [6, 6.07) is 5.66. The topological polar surface area (TPSA) is 96.7 Å². The van der Waals surface area contributed by atoms with E-state index in [9.17, 15) is 4.79 Å². The highest BCUT2D eigenvalue weighted by atomic mass is 32.2. The molecule has 118 valence electrons. The van der Waals surface area contributed by atoms with Crippen LogP contribution in [0, 0.1) is 6.92 Å². The lowest BCUT2D eigenvalue weighted by atomic mass is 10.4. The molecule has 7 nitrogen and oxygen atoms in total. The van der Waals surface area contributed by atoms with Crippen LogP contribution in [0.2, 0.25) is 0 Å². The molecule has 0 unspecified atom stereocenters. The van der Waals surface area contributed by atoms with Crippen LogP contribution in [0.5, 0.6) is 0 Å². The molecular formula is C14H13N5O2S2. The minimum atomic E-state index is -0.202. The molecule has 0 bridgehead atoms. The maximum absolute atomic E-state index is 11.8. The first kappa shape index (κ1) is 15.5. The molecule has 1 amide bonds. The minimum Gasteiger partial charge on any atom is -0.338 e. The summed E-state index contributed by atoms with van der Waals surface area (Å²) in [5, 5.41) is 15.7. The van der Waals surface area contributed by atoms with Crippen molar-refractivity contribution in [2.45, 2.75) is 12.1 Å². The van der Waals surface area contributed by atoms with Crippen LogP contribution in [-0.4, -0.2) is 32.0 Å². The number of carbonyl (C=O) groups is 1. The van der Waals surface area contributed by atoms with E-state index in [2.05, 4.69) is 25.7 Å². The van der Waals surface area contributed by atoms with Crippen LogP contribution in [0.1, 0.15) is 16.4 Å². The number of rotatable bonds is 6. The number of carbonyl (C=O) groups excluding carboxylic acids is 1. The van der Waals surface area contributed by atoms with Crippen LogP contribution in [0.15, 0.2) is 33.3 Å². The Morgan fingerprint density at radius 3 is 3.17 bits per heavy atom. The SMILES string of the molecule is Cc1cc(NC(=O)CSc2n[nH]c(C=Cc3cccs3)n2)on1. The molecule has 0 saturated heterocycles. The molecule has 9 heteroatoms. The normalized spacial score (nSPS) is 11.2. The van der Waals surface area contributed by atoms with E-state index in [1.165, 1.54) is 11.8 Å². The molecular weight excluding hydrogens is 334 g/mol. The standard InChI is InChI=1S/C14H13N5O2S2/c1-9-7-13(21-19-9)16-12(20)8-23-14-15-11(17-18-14)5-4-10-3-2-6-22-10/h2-7H,8H2,1H3,(H,16,20)(H,15,17,18). The van der Waals surface area contributed by atoms with E-state index in [1.54, 1.807) is 24.3 Å². The Hall–Kier alpha value is -2.39. The van der Waals surface area contributed by atoms with E-state index in [-0.39, 0.29) is 11.7 Å². The first-order chi connectivity index (χ1) is 11.2. The molecule has 0 fully saturated rings. The lowest BCUT2D eigenvalue weighted by Crippen LogP contribution is -2.13. The smallest absolute Gasteiger partial charge is 0.237 e. The number of aryl methyl sites for hydroxylation is 1. The highest BCUT2D eigenvalue weighted by Crippen LogP contribution is 2.16. The van der Waals surface area contributed by atoms with E-state index in [4.69, 9.17) is 4.52 Å². The van der Waals surface area contributed by atoms with Crippen molar-refractivity contribution >= 4 is 47.0 Å². The fourth-order valence-corrected chi connectivity index (χ4v) is 2.89. The molecule has 3 aromatic heterocycles. The summed E-state index contributed by atoms with van der Waals surface area (Å²) in [6.07, 6.45) is 3.80. The van der Waals surface area contributed by atoms with Gasteiger partial charge < -0.3 is 4.52 Å². The van der Waals surface area contributed by atoms with E-state index in [1.807, 2.05) is 29.7 Å². The highest BCUT2D eigenvalue weighted by Gasteiger charge is 2.09. The zero-order chi connectivity index (χ0) is 16.1. The summed E-state index contributed by atoms with van der Waals surface area (Å²) >= 11 is 2.88. The Morgan fingerprint density at radius 2 is 2.43 bits per heavy atom. The van der Waals surface area contributed by atoms with Crippen LogP contribution >= 0.6 is 23.1 Å². The minimum absolute atomic E-state index is 0.186. The molecule has 0 radical (unpaired) electrons. The zero-order valence-electron chi connectivity index (χ0n) is 12.1. The number of aromatic nitrogens is 4. The Labute approximate surface area is 140 Å². The van der Waals surface area contributed by atoms with Crippen molar-refractivity contribution in [1.29, 1.82) is 0 Å². The van der Waals surface area contributed by atoms with Gasteiger partial charge in [0.05, 0.1) is 11.4 Å². The summed E-state index contributed by atoms with van der Waals surface area (Å²) in [6.45, 7) is 1.78. The Bertz CT molecular complexity index is 807. The largest absolute Gasteiger partial charge is 0.338 e. The Kier molecular flexibility index (Phi) is 4.89. The molecule has 0 atom stereocenters. The van der Waals surface area contributed by atoms with Crippen LogP contribution in [0.3, 0.4) is 0 Å². The quantitative estimate of drug-likeness (QED) is 0.665. The van der Waals surface area contributed by atoms with Crippen molar-refractivity contribution in [1.82, 2.24) is 20.3 Å². The van der Waals surface area contributed by atoms with Gasteiger partial charge >= 0.3 is 0 Å². The predicted octanol–water partition coefficient (Wildman–Crippen LogP) is 3.06. The van der Waals surface area contributed by atoms with Crippen molar-refractivity contribution in [3.63, 3.8) is 0 Å². The van der Waals surface area contributed by atoms with Crippen molar-refractivity contribution in [3.8, 4) is 0 Å². The van der Waals surface area contributed by atoms with Crippen LogP contribution in [-0.2, 0) is 4.79 Å². The number of thiophene rings is 1. The average molecular weight is 347 g/mol. The highest BCUT2D eigenvalue weighted by molar-refractivity contribution is 7.99. The van der Waals surface area contributed by atoms with Crippen molar-refractivity contribution in [2.24, 2.45) is 0 Å². The van der Waals surface area contributed by atoms with Gasteiger partial charge in [-0.2, -0.15) is 0 Å². The fraction of sp³-hybridized carbons (Fsp3) is 0.143. The molecule has 0 aliphatic carbocycles. The van der Waals surface area contributed by atoms with Crippen molar-refractivity contribution < 1.29 is 9.32 Å². The number of thioether (sulfide) groups is 1. The number of aromatic amines is 1. The molecule has 0 spiro atoms. The molecule has 3 aromatic rings. The molecule has 0 saturated carbocycles. The lowest BCUT2D eigenvalue weighted by molar-refractivity contribution is -0.113. The summed E-state index contributed by atoms with van der Waals surface area (Å²) < 4.78 is 4.92. The van der Waals surface area contributed by atoms with Gasteiger partial charge in [0.15, 0.2) is 0 Å². The number of amides is 1. The van der Waals surface area contributed by atoms with E-state index >= 15 is 0 Å². The lowest BCUT2D eigenvalue weighted by Gasteiger charge is -1.97. The maximum Gasteiger partial charge on any atom is 0.237 e. The third-order valence-corrected chi connectivity index (χ3v) is 4.34. The van der Waals surface area contributed by atoms with Gasteiger partial charge in [-0.1, -0.05) is 23.0 Å². The van der Waals surface area contributed by atoms with Crippen LogP contribution in [0.25, 0.3) is 12.2 Å². The van der Waals surface area contributed by atoms with Gasteiger partial charge in [0.25, 0.3) is 0 Å². The van der Waals surface area contributed by atoms with E-state index in [0.29, 0.717) is 22.6 Å². The van der Waals surface area contributed by atoms with Gasteiger partial charge in [-0.05, 0) is 30.5 Å². The van der Waals surface area contributed by atoms with Crippen LogP contribution in [0.4, 0.5) is 5.88 Å². The molecule has 0 aliphatic heterocycles. The molecule has 23 heavy (non-hydrogen) atoms. The third kappa shape index (κ3) is 4.54. The number of hydrogen-bond acceptors (Lipinski definition) is 7. The second kappa shape index (κ2) is 7.25. The number of H-pyrrole nitrogens is 1. The van der Waals surface area contributed by atoms with Gasteiger partial charge in [-0.3, -0.25) is 15.2 Å². The Morgan fingerprint density at radius 1 is 1.52 bits per heavy atom. The third-order valence-electron chi connectivity index (χ3n) is 2.65. The summed E-state index contributed by atoms with van der Waals surface area (Å²) in [7, 11) is 0. The molecule has 0 aliphatic rings. The first-order valence-electron chi connectivity index (χ1n) is 6.69. The summed E-state index contributed by atoms with van der Waals surface area (Å²) in [4.78, 5) is 17.2. The molecule has 3 heterocycles. The zero-order valence-corrected chi connectivity index (χ0v) is 13.8. The average Bonchev–Trinajstić information content (AvgIpc) is 3.25. The van der Waals surface area contributed by atoms with Gasteiger partial charge in [-0.15, -0.1) is 16.4 Å². The molecule has 3 rings (SSSR count). The summed E-state index contributed by atoms with van der Waals surface area (Å²) in [5.74, 6) is 0.965. The fourth-order valence-electron chi connectivity index (χ4n) is 1.67. The monoisotopic (exact) mass is 347 g/mol. The number of nitrogens with zero attached hydrogens (tertiary/aromatic N) is 3. The molecule has 0 aromatic carbocycles. The Balaban J connectivity index is 1.50. The maximum atomic E-state index is 11.8. The number of anilines is 1. The van der Waals surface area contributed by atoms with Gasteiger partial charge in [0.2, 0.25) is 16.9 Å². The van der Waals surface area contributed by atoms with Crippen molar-refractivity contribution in [2.75, 3.05) is 11.1 Å². The second-order valence-electron chi connectivity index (χ2n) is 4.52. The molecule has 2 N–H and O–H groups in total. The van der Waals surface area contributed by atoms with Gasteiger partial charge in [0.1, 0.15) is 5.82 Å². The van der Waals surface area contributed by atoms with E-state index < -0.39 is 0 Å². The number of hydrogen-bond donors (Lipinski definition) is 2. The summed E-state index contributed by atoms with van der Waals surface area (Å²) in [5.41, 5.74) is 0.712. The van der Waals surface area contributed by atoms with E-state index in [0.717, 1.165) is 4.88 Å².